The highest BCUT2D eigenvalue weighted by molar-refractivity contribution is 9.10. The standard InChI is InChI=1S/C26H22BrNO5/c1-30-18-8-6-17(7-9-18)12-13-28-14-20-22(32-16-28)11-10-19-25(29)24(15-31-26(19)20)33-23-5-3-2-4-21(23)27/h2-11,15H,12-14,16H2,1H3. The summed E-state index contributed by atoms with van der Waals surface area (Å²) in [5, 5.41) is 0.471. The molecule has 0 radical (unpaired) electrons. The molecule has 0 spiro atoms. The van der Waals surface area contributed by atoms with Gasteiger partial charge in [-0.15, -0.1) is 0 Å². The molecule has 5 rings (SSSR count). The van der Waals surface area contributed by atoms with Crippen molar-refractivity contribution < 1.29 is 18.6 Å². The smallest absolute Gasteiger partial charge is 0.235 e. The quantitative estimate of drug-likeness (QED) is 0.331. The highest BCUT2D eigenvalue weighted by atomic mass is 79.9. The van der Waals surface area contributed by atoms with E-state index in [2.05, 4.69) is 33.0 Å². The van der Waals surface area contributed by atoms with Crippen molar-refractivity contribution in [3.8, 4) is 23.0 Å². The first-order chi connectivity index (χ1) is 16.1. The number of halogens is 1. The number of para-hydroxylation sites is 1. The lowest BCUT2D eigenvalue weighted by molar-refractivity contribution is 0.0968. The number of hydrogen-bond acceptors (Lipinski definition) is 6. The highest BCUT2D eigenvalue weighted by Crippen LogP contribution is 2.33. The second kappa shape index (κ2) is 9.29. The van der Waals surface area contributed by atoms with Gasteiger partial charge in [0, 0.05) is 13.1 Å². The van der Waals surface area contributed by atoms with E-state index in [1.807, 2.05) is 36.4 Å². The molecule has 168 valence electrons. The fraction of sp³-hybridized carbons (Fsp3) is 0.192. The lowest BCUT2D eigenvalue weighted by Gasteiger charge is -2.29. The Hall–Kier alpha value is -3.29. The van der Waals surface area contributed by atoms with Crippen LogP contribution in [0.5, 0.6) is 23.0 Å². The normalized spacial score (nSPS) is 13.4. The van der Waals surface area contributed by atoms with Crippen molar-refractivity contribution in [2.24, 2.45) is 0 Å². The Morgan fingerprint density at radius 3 is 2.64 bits per heavy atom. The van der Waals surface area contributed by atoms with Crippen LogP contribution in [0, 0.1) is 0 Å². The van der Waals surface area contributed by atoms with Crippen molar-refractivity contribution >= 4 is 26.9 Å². The van der Waals surface area contributed by atoms with Crippen molar-refractivity contribution in [2.75, 3.05) is 20.4 Å². The maximum absolute atomic E-state index is 13.1. The Balaban J connectivity index is 1.37. The summed E-state index contributed by atoms with van der Waals surface area (Å²) in [5.41, 5.74) is 2.41. The van der Waals surface area contributed by atoms with E-state index < -0.39 is 0 Å². The molecular formula is C26H22BrNO5. The van der Waals surface area contributed by atoms with Crippen LogP contribution in [-0.4, -0.2) is 25.3 Å². The summed E-state index contributed by atoms with van der Waals surface area (Å²) < 4.78 is 23.7. The average Bonchev–Trinajstić information content (AvgIpc) is 2.85. The fourth-order valence-corrected chi connectivity index (χ4v) is 4.24. The molecule has 0 N–H and O–H groups in total. The molecule has 0 saturated carbocycles. The van der Waals surface area contributed by atoms with Crippen LogP contribution in [0.25, 0.3) is 11.0 Å². The molecule has 6 nitrogen and oxygen atoms in total. The summed E-state index contributed by atoms with van der Waals surface area (Å²) in [4.78, 5) is 15.3. The van der Waals surface area contributed by atoms with Gasteiger partial charge in [0.05, 0.1) is 22.5 Å². The molecule has 1 aliphatic heterocycles. The number of rotatable bonds is 6. The third kappa shape index (κ3) is 4.47. The minimum atomic E-state index is -0.217. The van der Waals surface area contributed by atoms with E-state index >= 15 is 0 Å². The van der Waals surface area contributed by atoms with Crippen molar-refractivity contribution in [3.63, 3.8) is 0 Å². The van der Waals surface area contributed by atoms with E-state index in [1.54, 1.807) is 19.2 Å². The van der Waals surface area contributed by atoms with Gasteiger partial charge in [-0.05, 0) is 64.3 Å². The molecule has 0 unspecified atom stereocenters. The Morgan fingerprint density at radius 2 is 1.85 bits per heavy atom. The van der Waals surface area contributed by atoms with Crippen molar-refractivity contribution in [1.29, 1.82) is 0 Å². The summed E-state index contributed by atoms with van der Waals surface area (Å²) in [7, 11) is 1.66. The van der Waals surface area contributed by atoms with E-state index in [9.17, 15) is 4.79 Å². The van der Waals surface area contributed by atoms with E-state index in [4.69, 9.17) is 18.6 Å². The number of ether oxygens (including phenoxy) is 3. The summed E-state index contributed by atoms with van der Waals surface area (Å²) in [6.45, 7) is 1.94. The van der Waals surface area contributed by atoms with Crippen LogP contribution in [0.2, 0.25) is 0 Å². The number of methoxy groups -OCH3 is 1. The zero-order chi connectivity index (χ0) is 22.8. The molecule has 4 aromatic rings. The molecule has 3 aromatic carbocycles. The van der Waals surface area contributed by atoms with Gasteiger partial charge in [-0.1, -0.05) is 24.3 Å². The van der Waals surface area contributed by atoms with Gasteiger partial charge in [-0.25, -0.2) is 0 Å². The molecule has 7 heteroatoms. The topological polar surface area (TPSA) is 61.1 Å². The second-order valence-corrected chi connectivity index (χ2v) is 8.66. The minimum absolute atomic E-state index is 0.141. The maximum Gasteiger partial charge on any atom is 0.235 e. The molecule has 0 fully saturated rings. The van der Waals surface area contributed by atoms with Crippen LogP contribution >= 0.6 is 15.9 Å². The Bertz CT molecular complexity index is 1350. The minimum Gasteiger partial charge on any atom is -0.497 e. The Kier molecular flexibility index (Phi) is 6.07. The summed E-state index contributed by atoms with van der Waals surface area (Å²) >= 11 is 3.44. The van der Waals surface area contributed by atoms with Gasteiger partial charge in [0.15, 0.2) is 0 Å². The first-order valence-corrected chi connectivity index (χ1v) is 11.4. The average molecular weight is 508 g/mol. The number of fused-ring (bicyclic) bond motifs is 3. The van der Waals surface area contributed by atoms with Crippen LogP contribution in [0.15, 0.2) is 80.6 Å². The third-order valence-electron chi connectivity index (χ3n) is 5.69. The van der Waals surface area contributed by atoms with Gasteiger partial charge in [0.1, 0.15) is 35.8 Å². The Morgan fingerprint density at radius 1 is 1.03 bits per heavy atom. The molecule has 2 heterocycles. The van der Waals surface area contributed by atoms with E-state index in [1.165, 1.54) is 11.8 Å². The fourth-order valence-electron chi connectivity index (χ4n) is 3.88. The molecule has 0 amide bonds. The van der Waals surface area contributed by atoms with Crippen molar-refractivity contribution in [2.45, 2.75) is 13.0 Å². The molecule has 1 aliphatic rings. The molecule has 33 heavy (non-hydrogen) atoms. The van der Waals surface area contributed by atoms with Gasteiger partial charge in [-0.3, -0.25) is 9.69 Å². The zero-order valence-corrected chi connectivity index (χ0v) is 19.6. The van der Waals surface area contributed by atoms with Gasteiger partial charge in [0.2, 0.25) is 11.2 Å². The van der Waals surface area contributed by atoms with Gasteiger partial charge in [0.25, 0.3) is 0 Å². The summed E-state index contributed by atoms with van der Waals surface area (Å²) in [5.74, 6) is 2.28. The lowest BCUT2D eigenvalue weighted by Crippen LogP contribution is -2.33. The van der Waals surface area contributed by atoms with E-state index in [-0.39, 0.29) is 11.2 Å². The summed E-state index contributed by atoms with van der Waals surface area (Å²) in [6, 6.07) is 19.0. The predicted molar refractivity (Wildman–Crippen MR) is 129 cm³/mol. The molecule has 0 bridgehead atoms. The van der Waals surface area contributed by atoms with Crippen molar-refractivity contribution in [3.05, 3.63) is 92.7 Å². The largest absolute Gasteiger partial charge is 0.497 e. The number of hydrogen-bond donors (Lipinski definition) is 0. The summed E-state index contributed by atoms with van der Waals surface area (Å²) in [6.07, 6.45) is 2.25. The van der Waals surface area contributed by atoms with Crippen LogP contribution in [0.1, 0.15) is 11.1 Å². The Labute approximate surface area is 199 Å². The van der Waals surface area contributed by atoms with Crippen LogP contribution in [-0.2, 0) is 13.0 Å². The lowest BCUT2D eigenvalue weighted by atomic mass is 10.1. The molecule has 1 aromatic heterocycles. The van der Waals surface area contributed by atoms with E-state index in [0.717, 1.165) is 34.5 Å². The van der Waals surface area contributed by atoms with Gasteiger partial charge in [-0.2, -0.15) is 0 Å². The first kappa shape index (κ1) is 21.6. The van der Waals surface area contributed by atoms with Crippen LogP contribution < -0.4 is 19.6 Å². The van der Waals surface area contributed by atoms with Gasteiger partial charge >= 0.3 is 0 Å². The monoisotopic (exact) mass is 507 g/mol. The van der Waals surface area contributed by atoms with E-state index in [0.29, 0.717) is 30.0 Å². The third-order valence-corrected chi connectivity index (χ3v) is 6.34. The SMILES string of the molecule is COc1ccc(CCN2COc3ccc4c(=O)c(Oc5ccccc5Br)coc4c3C2)cc1. The molecular weight excluding hydrogens is 486 g/mol. The number of nitrogens with zero attached hydrogens (tertiary/aromatic N) is 1. The second-order valence-electron chi connectivity index (χ2n) is 7.80. The zero-order valence-electron chi connectivity index (χ0n) is 18.0. The molecule has 0 aliphatic carbocycles. The van der Waals surface area contributed by atoms with Crippen LogP contribution in [0.3, 0.4) is 0 Å². The maximum atomic E-state index is 13.1. The number of benzene rings is 3. The van der Waals surface area contributed by atoms with Crippen molar-refractivity contribution in [1.82, 2.24) is 4.90 Å². The molecule has 0 saturated heterocycles. The highest BCUT2D eigenvalue weighted by Gasteiger charge is 2.23. The van der Waals surface area contributed by atoms with Crippen LogP contribution in [0.4, 0.5) is 0 Å². The molecule has 0 atom stereocenters. The predicted octanol–water partition coefficient (Wildman–Crippen LogP) is 5.75. The van der Waals surface area contributed by atoms with Gasteiger partial charge < -0.3 is 18.6 Å². The first-order valence-electron chi connectivity index (χ1n) is 10.6.